The Morgan fingerprint density at radius 2 is 2.24 bits per heavy atom. The monoisotopic (exact) mass is 239 g/mol. The highest BCUT2D eigenvalue weighted by atomic mass is 16.6. The quantitative estimate of drug-likeness (QED) is 0.476. The van der Waals surface area contributed by atoms with E-state index in [0.29, 0.717) is 0 Å². The van der Waals surface area contributed by atoms with Crippen LogP contribution in [0.4, 0.5) is 5.69 Å². The molecule has 1 unspecified atom stereocenters. The van der Waals surface area contributed by atoms with Gasteiger partial charge in [0.25, 0.3) is 5.69 Å². The predicted molar refractivity (Wildman–Crippen MR) is 60.1 cm³/mol. The number of hydrogen-bond donors (Lipinski definition) is 1. The number of benzene rings is 1. The molecule has 0 bridgehead atoms. The summed E-state index contributed by atoms with van der Waals surface area (Å²) in [7, 11) is 1.32. The minimum Gasteiger partial charge on any atom is -0.469 e. The van der Waals surface area contributed by atoms with E-state index in [9.17, 15) is 14.9 Å². The van der Waals surface area contributed by atoms with E-state index in [2.05, 4.69) is 10.5 Å². The van der Waals surface area contributed by atoms with Gasteiger partial charge in [-0.1, -0.05) is 0 Å². The van der Waals surface area contributed by atoms with Crippen LogP contribution in [0, 0.1) is 17.0 Å². The summed E-state index contributed by atoms with van der Waals surface area (Å²) in [6.45, 7) is 1.76. The van der Waals surface area contributed by atoms with Crippen molar-refractivity contribution in [3.63, 3.8) is 0 Å². The van der Waals surface area contributed by atoms with Crippen LogP contribution in [0.2, 0.25) is 0 Å². The van der Waals surface area contributed by atoms with Crippen molar-refractivity contribution in [1.29, 1.82) is 0 Å². The topological polar surface area (TPSA) is 97.1 Å². The number of esters is 1. The third kappa shape index (κ3) is 3.25. The Hall–Kier alpha value is -1.95. The Morgan fingerprint density at radius 3 is 2.71 bits per heavy atom. The van der Waals surface area contributed by atoms with E-state index in [1.54, 1.807) is 13.0 Å². The van der Waals surface area contributed by atoms with Crippen LogP contribution in [0.3, 0.4) is 0 Å². The summed E-state index contributed by atoms with van der Waals surface area (Å²) < 4.78 is 4.56. The molecule has 0 aliphatic rings. The van der Waals surface area contributed by atoms with Gasteiger partial charge in [0.15, 0.2) is 0 Å². The lowest BCUT2D eigenvalue weighted by Crippen LogP contribution is -2.54. The third-order valence-electron chi connectivity index (χ3n) is 2.54. The second-order valence-electron chi connectivity index (χ2n) is 3.78. The fourth-order valence-corrected chi connectivity index (χ4v) is 1.63. The van der Waals surface area contributed by atoms with Crippen molar-refractivity contribution in [2.45, 2.75) is 19.4 Å². The summed E-state index contributed by atoms with van der Waals surface area (Å²) in [4.78, 5) is 21.2. The van der Waals surface area contributed by atoms with Crippen LogP contribution in [0.5, 0.6) is 0 Å². The maximum atomic E-state index is 11.1. The van der Waals surface area contributed by atoms with Gasteiger partial charge in [-0.25, -0.2) is 0 Å². The van der Waals surface area contributed by atoms with Gasteiger partial charge in [-0.2, -0.15) is 0 Å². The Balaban J connectivity index is 2.92. The zero-order valence-corrected chi connectivity index (χ0v) is 9.80. The van der Waals surface area contributed by atoms with Crippen LogP contribution in [-0.2, 0) is 9.53 Å². The van der Waals surface area contributed by atoms with Crippen LogP contribution in [0.25, 0.3) is 0 Å². The number of nitro benzene ring substituents is 1. The Labute approximate surface area is 98.5 Å². The lowest BCUT2D eigenvalue weighted by Gasteiger charge is -2.10. The second-order valence-corrected chi connectivity index (χ2v) is 3.78. The molecule has 1 rings (SSSR count). The van der Waals surface area contributed by atoms with Crippen molar-refractivity contribution in [3.05, 3.63) is 39.4 Å². The molecule has 17 heavy (non-hydrogen) atoms. The number of aryl methyl sites for hydroxylation is 1. The lowest BCUT2D eigenvalue weighted by atomic mass is 9.99. The van der Waals surface area contributed by atoms with Crippen molar-refractivity contribution in [1.82, 2.24) is 0 Å². The van der Waals surface area contributed by atoms with Gasteiger partial charge in [0.2, 0.25) is 0 Å². The molecule has 0 saturated carbocycles. The molecule has 1 aromatic rings. The number of methoxy groups -OCH3 is 1. The molecule has 92 valence electrons. The molecular weight excluding hydrogens is 224 g/mol. The normalized spacial score (nSPS) is 11.9. The zero-order valence-electron chi connectivity index (χ0n) is 9.80. The summed E-state index contributed by atoms with van der Waals surface area (Å²) in [5.74, 6) is -0.345. The Kier molecular flexibility index (Phi) is 4.17. The van der Waals surface area contributed by atoms with Gasteiger partial charge in [-0.15, -0.1) is 0 Å². The van der Waals surface area contributed by atoms with E-state index in [1.165, 1.54) is 19.2 Å². The van der Waals surface area contributed by atoms with E-state index in [0.717, 1.165) is 11.1 Å². The highest BCUT2D eigenvalue weighted by molar-refractivity contribution is 5.70. The minimum absolute atomic E-state index is 0.0384. The highest BCUT2D eigenvalue weighted by Gasteiger charge is 2.19. The smallest absolute Gasteiger partial charge is 0.311 e. The molecule has 0 heterocycles. The van der Waals surface area contributed by atoms with Gasteiger partial charge in [-0.05, 0) is 18.6 Å². The maximum absolute atomic E-state index is 11.1. The van der Waals surface area contributed by atoms with Crippen LogP contribution < -0.4 is 5.73 Å². The Bertz CT molecular complexity index is 445. The first-order chi connectivity index (χ1) is 7.95. The largest absolute Gasteiger partial charge is 0.469 e. The highest BCUT2D eigenvalue weighted by Crippen LogP contribution is 2.22. The molecule has 0 aliphatic carbocycles. The van der Waals surface area contributed by atoms with Crippen LogP contribution in [0.1, 0.15) is 23.6 Å². The summed E-state index contributed by atoms with van der Waals surface area (Å²) >= 11 is 0. The van der Waals surface area contributed by atoms with Crippen LogP contribution in [-0.4, -0.2) is 18.0 Å². The van der Waals surface area contributed by atoms with Gasteiger partial charge in [0, 0.05) is 17.7 Å². The molecular formula is C11H15N2O4+. The number of nitrogens with zero attached hydrogens (tertiary/aromatic N) is 1. The average Bonchev–Trinajstić information content (AvgIpc) is 2.28. The molecule has 0 amide bonds. The molecule has 1 aromatic carbocycles. The predicted octanol–water partition coefficient (Wildman–Crippen LogP) is 0.749. The minimum atomic E-state index is -0.449. The summed E-state index contributed by atoms with van der Waals surface area (Å²) in [6.07, 6.45) is 0.162. The molecule has 0 radical (unpaired) electrons. The number of non-ortho nitro benzene ring substituents is 1. The van der Waals surface area contributed by atoms with Gasteiger partial charge in [-0.3, -0.25) is 14.9 Å². The van der Waals surface area contributed by atoms with E-state index < -0.39 is 4.92 Å². The number of carbonyl (C=O) groups is 1. The first-order valence-corrected chi connectivity index (χ1v) is 5.10. The second kappa shape index (κ2) is 5.40. The SMILES string of the molecule is COC(=O)CC([NH3+])c1ccc([N+](=O)[O-])cc1C. The number of nitro groups is 1. The molecule has 3 N–H and O–H groups in total. The van der Waals surface area contributed by atoms with Crippen molar-refractivity contribution in [2.75, 3.05) is 7.11 Å². The summed E-state index contributed by atoms with van der Waals surface area (Å²) in [5, 5.41) is 10.6. The zero-order chi connectivity index (χ0) is 13.0. The van der Waals surface area contributed by atoms with E-state index in [-0.39, 0.29) is 24.1 Å². The van der Waals surface area contributed by atoms with Gasteiger partial charge >= 0.3 is 5.97 Å². The van der Waals surface area contributed by atoms with Crippen molar-refractivity contribution >= 4 is 11.7 Å². The molecule has 1 atom stereocenters. The summed E-state index contributed by atoms with van der Waals surface area (Å²) in [5.41, 5.74) is 5.47. The van der Waals surface area contributed by atoms with Crippen molar-refractivity contribution < 1.29 is 20.2 Å². The average molecular weight is 239 g/mol. The third-order valence-corrected chi connectivity index (χ3v) is 2.54. The molecule has 6 heteroatoms. The number of quaternary nitrogens is 1. The van der Waals surface area contributed by atoms with E-state index >= 15 is 0 Å². The molecule has 0 fully saturated rings. The van der Waals surface area contributed by atoms with E-state index in [4.69, 9.17) is 0 Å². The number of carbonyl (C=O) groups excluding carboxylic acids is 1. The first-order valence-electron chi connectivity index (χ1n) is 5.10. The fraction of sp³-hybridized carbons (Fsp3) is 0.364. The van der Waals surface area contributed by atoms with Gasteiger partial charge < -0.3 is 10.5 Å². The molecule has 0 saturated heterocycles. The molecule has 0 aliphatic heterocycles. The maximum Gasteiger partial charge on any atom is 0.311 e. The lowest BCUT2D eigenvalue weighted by molar-refractivity contribution is -0.426. The van der Waals surface area contributed by atoms with Crippen molar-refractivity contribution in [2.24, 2.45) is 0 Å². The number of ether oxygens (including phenoxy) is 1. The van der Waals surface area contributed by atoms with Crippen molar-refractivity contribution in [3.8, 4) is 0 Å². The standard InChI is InChI=1S/C11H14N2O4/c1-7-5-8(13(15)16)3-4-9(7)10(12)6-11(14)17-2/h3-5,10H,6,12H2,1-2H3/p+1. The molecule has 0 aromatic heterocycles. The number of rotatable bonds is 4. The van der Waals surface area contributed by atoms with Gasteiger partial charge in [0.05, 0.1) is 12.0 Å². The first kappa shape index (κ1) is 13.1. The fourth-order valence-electron chi connectivity index (χ4n) is 1.63. The summed E-state index contributed by atoms with van der Waals surface area (Å²) in [6, 6.07) is 4.26. The Morgan fingerprint density at radius 1 is 1.59 bits per heavy atom. The van der Waals surface area contributed by atoms with Crippen LogP contribution >= 0.6 is 0 Å². The molecule has 0 spiro atoms. The van der Waals surface area contributed by atoms with Gasteiger partial charge in [0.1, 0.15) is 12.5 Å². The number of hydrogen-bond acceptors (Lipinski definition) is 4. The van der Waals surface area contributed by atoms with Crippen LogP contribution in [0.15, 0.2) is 18.2 Å². The van der Waals surface area contributed by atoms with E-state index in [1.807, 2.05) is 0 Å². The molecule has 6 nitrogen and oxygen atoms in total.